The van der Waals surface area contributed by atoms with Gasteiger partial charge in [-0.15, -0.1) is 6.42 Å². The summed E-state index contributed by atoms with van der Waals surface area (Å²) in [6.45, 7) is 8.16. The number of ether oxygens (including phenoxy) is 4. The van der Waals surface area contributed by atoms with Crippen LogP contribution in [0.2, 0.25) is 0 Å². The van der Waals surface area contributed by atoms with E-state index < -0.39 is 11.6 Å². The van der Waals surface area contributed by atoms with Gasteiger partial charge in [-0.2, -0.15) is 0 Å². The molecular formula is C13H20O4. The molecule has 0 bridgehead atoms. The lowest BCUT2D eigenvalue weighted by Gasteiger charge is -2.38. The molecule has 0 spiro atoms. The highest BCUT2D eigenvalue weighted by molar-refractivity contribution is 5.05. The summed E-state index contributed by atoms with van der Waals surface area (Å²) >= 11 is 0. The van der Waals surface area contributed by atoms with Gasteiger partial charge < -0.3 is 18.9 Å². The van der Waals surface area contributed by atoms with E-state index in [0.29, 0.717) is 6.61 Å². The second-order valence-corrected chi connectivity index (χ2v) is 5.38. The Balaban J connectivity index is 2.09. The Morgan fingerprint density at radius 1 is 1.06 bits per heavy atom. The fourth-order valence-corrected chi connectivity index (χ4v) is 2.30. The molecule has 4 heteroatoms. The van der Waals surface area contributed by atoms with Crippen molar-refractivity contribution in [3.63, 3.8) is 0 Å². The number of rotatable bonds is 1. The van der Waals surface area contributed by atoms with Crippen LogP contribution >= 0.6 is 0 Å². The largest absolute Gasteiger partial charge is 0.350 e. The van der Waals surface area contributed by atoms with Crippen LogP contribution in [0, 0.1) is 12.3 Å². The molecular weight excluding hydrogens is 220 g/mol. The zero-order chi connectivity index (χ0) is 12.7. The molecule has 0 aromatic rings. The van der Waals surface area contributed by atoms with Gasteiger partial charge in [-0.1, -0.05) is 5.92 Å². The van der Waals surface area contributed by atoms with Crippen molar-refractivity contribution in [2.45, 2.75) is 64.0 Å². The SMILES string of the molecule is C#C[C@@H]1OC(C)(C)O[C@H]1[C@H]1CCOC(C)(C)O1. The van der Waals surface area contributed by atoms with E-state index in [9.17, 15) is 0 Å². The molecule has 2 aliphatic rings. The van der Waals surface area contributed by atoms with Gasteiger partial charge in [0.1, 0.15) is 12.2 Å². The first-order valence-electron chi connectivity index (χ1n) is 5.96. The van der Waals surface area contributed by atoms with Gasteiger partial charge in [-0.05, 0) is 34.1 Å². The topological polar surface area (TPSA) is 36.9 Å². The number of terminal acetylenes is 1. The Labute approximate surface area is 103 Å². The third-order valence-corrected chi connectivity index (χ3v) is 2.95. The molecule has 0 saturated carbocycles. The minimum Gasteiger partial charge on any atom is -0.350 e. The van der Waals surface area contributed by atoms with Crippen LogP contribution in [0.15, 0.2) is 0 Å². The molecule has 4 nitrogen and oxygen atoms in total. The quantitative estimate of drug-likeness (QED) is 0.653. The van der Waals surface area contributed by atoms with Gasteiger partial charge in [0.2, 0.25) is 0 Å². The lowest BCUT2D eigenvalue weighted by Crippen LogP contribution is -2.47. The molecule has 2 heterocycles. The second-order valence-electron chi connectivity index (χ2n) is 5.38. The van der Waals surface area contributed by atoms with Crippen LogP contribution in [0.1, 0.15) is 34.1 Å². The normalized spacial score (nSPS) is 39.8. The highest BCUT2D eigenvalue weighted by Gasteiger charge is 2.47. The summed E-state index contributed by atoms with van der Waals surface area (Å²) in [5.74, 6) is 1.40. The average Bonchev–Trinajstić information content (AvgIpc) is 2.52. The summed E-state index contributed by atoms with van der Waals surface area (Å²) in [4.78, 5) is 0. The summed E-state index contributed by atoms with van der Waals surface area (Å²) in [6, 6.07) is 0. The predicted molar refractivity (Wildman–Crippen MR) is 62.2 cm³/mol. The van der Waals surface area contributed by atoms with Crippen molar-refractivity contribution in [2.24, 2.45) is 0 Å². The Morgan fingerprint density at radius 3 is 2.35 bits per heavy atom. The van der Waals surface area contributed by atoms with Gasteiger partial charge in [0.05, 0.1) is 12.7 Å². The Hall–Kier alpha value is -0.600. The van der Waals surface area contributed by atoms with Crippen LogP contribution in [0.4, 0.5) is 0 Å². The molecule has 96 valence electrons. The zero-order valence-electron chi connectivity index (χ0n) is 10.9. The molecule has 2 rings (SSSR count). The van der Waals surface area contributed by atoms with Crippen LogP contribution in [-0.2, 0) is 18.9 Å². The first kappa shape index (κ1) is 12.8. The molecule has 0 aromatic heterocycles. The van der Waals surface area contributed by atoms with E-state index in [1.165, 1.54) is 0 Å². The first-order chi connectivity index (χ1) is 7.83. The van der Waals surface area contributed by atoms with Crippen molar-refractivity contribution in [1.29, 1.82) is 0 Å². The predicted octanol–water partition coefficient (Wildman–Crippen LogP) is 1.68. The van der Waals surface area contributed by atoms with Crippen LogP contribution in [0.25, 0.3) is 0 Å². The first-order valence-corrected chi connectivity index (χ1v) is 5.96. The molecule has 0 radical (unpaired) electrons. The summed E-state index contributed by atoms with van der Waals surface area (Å²) in [5, 5.41) is 0. The Bertz CT molecular complexity index is 329. The van der Waals surface area contributed by atoms with Crippen molar-refractivity contribution in [3.05, 3.63) is 0 Å². The van der Waals surface area contributed by atoms with E-state index in [2.05, 4.69) is 5.92 Å². The second kappa shape index (κ2) is 4.25. The maximum atomic E-state index is 5.86. The van der Waals surface area contributed by atoms with Crippen molar-refractivity contribution in [1.82, 2.24) is 0 Å². The van der Waals surface area contributed by atoms with Gasteiger partial charge in [0.25, 0.3) is 0 Å². The molecule has 2 aliphatic heterocycles. The third-order valence-electron chi connectivity index (χ3n) is 2.95. The van der Waals surface area contributed by atoms with Gasteiger partial charge in [0.15, 0.2) is 11.6 Å². The van der Waals surface area contributed by atoms with E-state index in [-0.39, 0.29) is 18.3 Å². The van der Waals surface area contributed by atoms with Crippen LogP contribution in [-0.4, -0.2) is 36.5 Å². The highest BCUT2D eigenvalue weighted by Crippen LogP contribution is 2.35. The van der Waals surface area contributed by atoms with E-state index in [1.54, 1.807) is 0 Å². The molecule has 3 atom stereocenters. The maximum absolute atomic E-state index is 5.86. The lowest BCUT2D eigenvalue weighted by molar-refractivity contribution is -0.292. The average molecular weight is 240 g/mol. The molecule has 2 fully saturated rings. The van der Waals surface area contributed by atoms with E-state index in [4.69, 9.17) is 25.4 Å². The summed E-state index contributed by atoms with van der Waals surface area (Å²) in [7, 11) is 0. The minimum atomic E-state index is -0.645. The summed E-state index contributed by atoms with van der Waals surface area (Å²) in [6.07, 6.45) is 5.58. The minimum absolute atomic E-state index is 0.0819. The maximum Gasteiger partial charge on any atom is 0.165 e. The molecule has 0 aliphatic carbocycles. The van der Waals surface area contributed by atoms with Crippen molar-refractivity contribution in [3.8, 4) is 12.3 Å². The third kappa shape index (κ3) is 2.80. The molecule has 17 heavy (non-hydrogen) atoms. The monoisotopic (exact) mass is 240 g/mol. The fraction of sp³-hybridized carbons (Fsp3) is 0.846. The van der Waals surface area contributed by atoms with Crippen molar-refractivity contribution in [2.75, 3.05) is 6.61 Å². The van der Waals surface area contributed by atoms with Crippen LogP contribution < -0.4 is 0 Å². The standard InChI is InChI=1S/C13H20O4/c1-6-9-11(17-13(4,5)15-9)10-7-8-14-12(2,3)16-10/h1,9-11H,7-8H2,2-5H3/t9-,10+,11+/m0/s1. The number of hydrogen-bond acceptors (Lipinski definition) is 4. The van der Waals surface area contributed by atoms with E-state index >= 15 is 0 Å². The van der Waals surface area contributed by atoms with Crippen LogP contribution in [0.3, 0.4) is 0 Å². The van der Waals surface area contributed by atoms with Gasteiger partial charge in [-0.3, -0.25) is 0 Å². The summed E-state index contributed by atoms with van der Waals surface area (Å²) in [5.41, 5.74) is 0. The van der Waals surface area contributed by atoms with E-state index in [0.717, 1.165) is 6.42 Å². The van der Waals surface area contributed by atoms with E-state index in [1.807, 2.05) is 27.7 Å². The smallest absolute Gasteiger partial charge is 0.165 e. The van der Waals surface area contributed by atoms with Gasteiger partial charge in [0, 0.05) is 0 Å². The Morgan fingerprint density at radius 2 is 1.76 bits per heavy atom. The molecule has 0 unspecified atom stereocenters. The molecule has 2 saturated heterocycles. The van der Waals surface area contributed by atoms with Crippen molar-refractivity contribution >= 4 is 0 Å². The van der Waals surface area contributed by atoms with Gasteiger partial charge >= 0.3 is 0 Å². The summed E-state index contributed by atoms with van der Waals surface area (Å²) < 4.78 is 22.9. The Kier molecular flexibility index (Phi) is 3.21. The molecule has 0 N–H and O–H groups in total. The zero-order valence-corrected chi connectivity index (χ0v) is 10.9. The highest BCUT2D eigenvalue weighted by atomic mass is 16.8. The lowest BCUT2D eigenvalue weighted by atomic mass is 10.0. The fourth-order valence-electron chi connectivity index (χ4n) is 2.30. The van der Waals surface area contributed by atoms with Crippen molar-refractivity contribution < 1.29 is 18.9 Å². The molecule has 0 amide bonds. The van der Waals surface area contributed by atoms with Crippen LogP contribution in [0.5, 0.6) is 0 Å². The van der Waals surface area contributed by atoms with Gasteiger partial charge in [-0.25, -0.2) is 0 Å². The number of hydrogen-bond donors (Lipinski definition) is 0. The molecule has 0 aromatic carbocycles.